The molecule has 6 heteroatoms. The molecule has 1 fully saturated rings. The number of nitrogens with one attached hydrogen (secondary N) is 1. The Hall–Kier alpha value is -2.99. The third-order valence-electron chi connectivity index (χ3n) is 5.94. The Balaban J connectivity index is 1.77. The van der Waals surface area contributed by atoms with Gasteiger partial charge in [-0.15, -0.1) is 11.3 Å². The molecule has 0 radical (unpaired) electrons. The zero-order valence-corrected chi connectivity index (χ0v) is 18.9. The van der Waals surface area contributed by atoms with Crippen LogP contribution in [0.4, 0.5) is 10.1 Å². The van der Waals surface area contributed by atoms with E-state index >= 15 is 0 Å². The van der Waals surface area contributed by atoms with Gasteiger partial charge in [0.25, 0.3) is 0 Å². The zero-order valence-electron chi connectivity index (χ0n) is 18.1. The first kappa shape index (κ1) is 22.2. The summed E-state index contributed by atoms with van der Waals surface area (Å²) in [4.78, 5) is 29.8. The largest absolute Gasteiger partial charge is 0.351 e. The number of rotatable bonds is 7. The van der Waals surface area contributed by atoms with Crippen LogP contribution in [0.3, 0.4) is 0 Å². The first-order valence-electron chi connectivity index (χ1n) is 11.0. The monoisotopic (exact) mass is 450 g/mol. The Bertz CT molecular complexity index is 1060. The average Bonchev–Trinajstić information content (AvgIpc) is 3.48. The number of aryl methyl sites for hydroxylation is 1. The van der Waals surface area contributed by atoms with Gasteiger partial charge in [-0.25, -0.2) is 4.39 Å². The summed E-state index contributed by atoms with van der Waals surface area (Å²) in [5, 5.41) is 5.09. The lowest BCUT2D eigenvalue weighted by atomic mass is 10.0. The number of thiophene rings is 1. The predicted octanol–water partition coefficient (Wildman–Crippen LogP) is 5.57. The van der Waals surface area contributed by atoms with E-state index < -0.39 is 6.04 Å². The van der Waals surface area contributed by atoms with Crippen LogP contribution in [0.2, 0.25) is 0 Å². The van der Waals surface area contributed by atoms with Gasteiger partial charge in [0.05, 0.1) is 6.42 Å². The highest BCUT2D eigenvalue weighted by Crippen LogP contribution is 2.32. The van der Waals surface area contributed by atoms with E-state index in [4.69, 9.17) is 0 Å². The summed E-state index contributed by atoms with van der Waals surface area (Å²) in [6.07, 6.45) is 4.25. The summed E-state index contributed by atoms with van der Waals surface area (Å²) in [5.41, 5.74) is 2.17. The van der Waals surface area contributed by atoms with Crippen LogP contribution < -0.4 is 10.2 Å². The maximum atomic E-state index is 13.7. The maximum absolute atomic E-state index is 13.7. The second kappa shape index (κ2) is 10.1. The van der Waals surface area contributed by atoms with E-state index in [0.717, 1.165) is 36.1 Å². The molecule has 0 saturated heterocycles. The fourth-order valence-electron chi connectivity index (χ4n) is 4.31. The highest BCUT2D eigenvalue weighted by atomic mass is 32.1. The maximum Gasteiger partial charge on any atom is 0.248 e. The lowest BCUT2D eigenvalue weighted by molar-refractivity contribution is -0.127. The molecule has 1 aliphatic carbocycles. The summed E-state index contributed by atoms with van der Waals surface area (Å²) >= 11 is 1.51. The van der Waals surface area contributed by atoms with E-state index in [1.807, 2.05) is 48.7 Å². The number of benzene rings is 2. The second-order valence-electron chi connectivity index (χ2n) is 8.25. The predicted molar refractivity (Wildman–Crippen MR) is 126 cm³/mol. The Labute approximate surface area is 192 Å². The van der Waals surface area contributed by atoms with Gasteiger partial charge in [0.15, 0.2) is 0 Å². The highest BCUT2D eigenvalue weighted by molar-refractivity contribution is 7.10. The lowest BCUT2D eigenvalue weighted by Gasteiger charge is -2.33. The highest BCUT2D eigenvalue weighted by Gasteiger charge is 2.35. The van der Waals surface area contributed by atoms with E-state index in [0.29, 0.717) is 11.3 Å². The van der Waals surface area contributed by atoms with Crippen LogP contribution in [-0.4, -0.2) is 17.9 Å². The summed E-state index contributed by atoms with van der Waals surface area (Å²) in [6.45, 7) is 1.93. The summed E-state index contributed by atoms with van der Waals surface area (Å²) in [5.74, 6) is -0.778. The first-order chi connectivity index (χ1) is 15.5. The molecule has 4 rings (SSSR count). The molecule has 1 aromatic heterocycles. The van der Waals surface area contributed by atoms with Crippen molar-refractivity contribution in [2.75, 3.05) is 4.90 Å². The summed E-state index contributed by atoms with van der Waals surface area (Å²) in [6, 6.07) is 16.5. The molecule has 1 saturated carbocycles. The van der Waals surface area contributed by atoms with Gasteiger partial charge in [-0.05, 0) is 60.5 Å². The Morgan fingerprint density at radius 1 is 1.06 bits per heavy atom. The number of hydrogen-bond donors (Lipinski definition) is 1. The SMILES string of the molecule is Cc1ccccc1N(C(=O)Cc1cccs1)[C@@H](C(=O)NC1CCCC1)c1ccc(F)cc1. The van der Waals surface area contributed by atoms with Crippen molar-refractivity contribution in [2.24, 2.45) is 0 Å². The van der Waals surface area contributed by atoms with Crippen molar-refractivity contribution in [3.05, 3.63) is 87.9 Å². The smallest absolute Gasteiger partial charge is 0.248 e. The van der Waals surface area contributed by atoms with Crippen molar-refractivity contribution < 1.29 is 14.0 Å². The summed E-state index contributed by atoms with van der Waals surface area (Å²) in [7, 11) is 0. The van der Waals surface area contributed by atoms with Crippen LogP contribution in [0.5, 0.6) is 0 Å². The van der Waals surface area contributed by atoms with Crippen LogP contribution in [0.25, 0.3) is 0 Å². The van der Waals surface area contributed by atoms with Crippen LogP contribution in [0, 0.1) is 12.7 Å². The molecule has 0 spiro atoms. The molecule has 32 heavy (non-hydrogen) atoms. The third-order valence-corrected chi connectivity index (χ3v) is 6.82. The molecule has 2 aromatic carbocycles. The molecule has 3 aromatic rings. The second-order valence-corrected chi connectivity index (χ2v) is 9.28. The van der Waals surface area contributed by atoms with Crippen molar-refractivity contribution in [1.82, 2.24) is 5.32 Å². The average molecular weight is 451 g/mol. The van der Waals surface area contributed by atoms with Crippen LogP contribution in [0.15, 0.2) is 66.0 Å². The normalized spacial score (nSPS) is 14.8. The van der Waals surface area contributed by atoms with E-state index in [-0.39, 0.29) is 30.1 Å². The number of carbonyl (C=O) groups excluding carboxylic acids is 2. The number of hydrogen-bond acceptors (Lipinski definition) is 3. The van der Waals surface area contributed by atoms with E-state index in [1.165, 1.54) is 23.5 Å². The number of anilines is 1. The van der Waals surface area contributed by atoms with Gasteiger partial charge in [-0.1, -0.05) is 49.2 Å². The molecule has 4 nitrogen and oxygen atoms in total. The van der Waals surface area contributed by atoms with E-state index in [1.54, 1.807) is 17.0 Å². The number of halogens is 1. The molecular weight excluding hydrogens is 423 g/mol. The number of nitrogens with zero attached hydrogens (tertiary/aromatic N) is 1. The topological polar surface area (TPSA) is 49.4 Å². The summed E-state index contributed by atoms with van der Waals surface area (Å²) < 4.78 is 13.7. The van der Waals surface area contributed by atoms with Gasteiger partial charge < -0.3 is 5.32 Å². The van der Waals surface area contributed by atoms with Crippen molar-refractivity contribution in [1.29, 1.82) is 0 Å². The molecule has 2 amide bonds. The van der Waals surface area contributed by atoms with E-state index in [2.05, 4.69) is 5.32 Å². The first-order valence-corrected chi connectivity index (χ1v) is 11.9. The fourth-order valence-corrected chi connectivity index (χ4v) is 5.01. The minimum atomic E-state index is -0.884. The minimum absolute atomic E-state index is 0.108. The minimum Gasteiger partial charge on any atom is -0.351 e. The molecule has 0 unspecified atom stereocenters. The number of para-hydroxylation sites is 1. The molecule has 1 N–H and O–H groups in total. The quantitative estimate of drug-likeness (QED) is 0.511. The van der Waals surface area contributed by atoms with Crippen molar-refractivity contribution >= 4 is 28.8 Å². The molecule has 1 atom stereocenters. The molecule has 0 aliphatic heterocycles. The molecule has 166 valence electrons. The molecule has 0 bridgehead atoms. The van der Waals surface area contributed by atoms with Gasteiger partial charge in [0.2, 0.25) is 11.8 Å². The lowest BCUT2D eigenvalue weighted by Crippen LogP contribution is -2.47. The van der Waals surface area contributed by atoms with Gasteiger partial charge in [-0.2, -0.15) is 0 Å². The Morgan fingerprint density at radius 3 is 2.44 bits per heavy atom. The van der Waals surface area contributed by atoms with Crippen LogP contribution >= 0.6 is 11.3 Å². The third kappa shape index (κ3) is 5.07. The van der Waals surface area contributed by atoms with Gasteiger partial charge in [0.1, 0.15) is 11.9 Å². The Morgan fingerprint density at radius 2 is 1.78 bits per heavy atom. The van der Waals surface area contributed by atoms with Crippen molar-refractivity contribution in [2.45, 2.75) is 51.1 Å². The van der Waals surface area contributed by atoms with Crippen molar-refractivity contribution in [3.8, 4) is 0 Å². The molecule has 1 aliphatic rings. The molecule has 1 heterocycles. The number of carbonyl (C=O) groups is 2. The standard InChI is InChI=1S/C26H27FN2O2S/c1-18-7-2-5-11-23(18)29(24(30)17-22-10-6-16-32-22)25(19-12-14-20(27)15-13-19)26(31)28-21-8-3-4-9-21/h2,5-7,10-16,21,25H,3-4,8-9,17H2,1H3,(H,28,31)/t25-/m1/s1. The molecular formula is C26H27FN2O2S. The van der Waals surface area contributed by atoms with Crippen molar-refractivity contribution in [3.63, 3.8) is 0 Å². The van der Waals surface area contributed by atoms with Gasteiger partial charge >= 0.3 is 0 Å². The fraction of sp³-hybridized carbons (Fsp3) is 0.308. The van der Waals surface area contributed by atoms with E-state index in [9.17, 15) is 14.0 Å². The van der Waals surface area contributed by atoms with Gasteiger partial charge in [-0.3, -0.25) is 14.5 Å². The van der Waals surface area contributed by atoms with Gasteiger partial charge in [0, 0.05) is 16.6 Å². The Kier molecular flexibility index (Phi) is 7.00. The number of amides is 2. The van der Waals surface area contributed by atoms with Crippen LogP contribution in [0.1, 0.15) is 47.7 Å². The zero-order chi connectivity index (χ0) is 22.5. The van der Waals surface area contributed by atoms with Crippen LogP contribution in [-0.2, 0) is 16.0 Å².